The molecule has 6 nitrogen and oxygen atoms in total. The van der Waals surface area contributed by atoms with E-state index < -0.39 is 18.5 Å². The number of Topliss-reactive ketones (excluding diaryl/α,β-unsaturated/α-hetero) is 1. The minimum atomic E-state index is -0.650. The Bertz CT molecular complexity index is 842. The van der Waals surface area contributed by atoms with Crippen molar-refractivity contribution in [2.75, 3.05) is 19.0 Å². The second kappa shape index (κ2) is 9.17. The Labute approximate surface area is 151 Å². The Balaban J connectivity index is 1.88. The van der Waals surface area contributed by atoms with Gasteiger partial charge in [0.15, 0.2) is 12.4 Å². The zero-order valence-electron chi connectivity index (χ0n) is 14.5. The van der Waals surface area contributed by atoms with Gasteiger partial charge in [0.1, 0.15) is 5.75 Å². The van der Waals surface area contributed by atoms with Crippen LogP contribution in [0.5, 0.6) is 5.75 Å². The third-order valence-corrected chi connectivity index (χ3v) is 3.43. The van der Waals surface area contributed by atoms with Crippen molar-refractivity contribution < 1.29 is 23.9 Å². The van der Waals surface area contributed by atoms with Crippen molar-refractivity contribution in [3.63, 3.8) is 0 Å². The maximum atomic E-state index is 11.9. The number of carbonyl (C=O) groups is 3. The van der Waals surface area contributed by atoms with Gasteiger partial charge in [-0.25, -0.2) is 4.79 Å². The van der Waals surface area contributed by atoms with Crippen LogP contribution >= 0.6 is 0 Å². The van der Waals surface area contributed by atoms with E-state index in [4.69, 9.17) is 9.47 Å². The van der Waals surface area contributed by atoms with E-state index in [1.165, 1.54) is 13.0 Å². The first-order valence-electron chi connectivity index (χ1n) is 7.88. The zero-order chi connectivity index (χ0) is 18.9. The number of ether oxygens (including phenoxy) is 2. The van der Waals surface area contributed by atoms with Crippen molar-refractivity contribution in [2.45, 2.75) is 6.92 Å². The SMILES string of the molecule is COc1cccc(/C=C/C(=O)OCC(=O)Nc2ccccc2C(C)=O)c1. The summed E-state index contributed by atoms with van der Waals surface area (Å²) in [5, 5.41) is 2.56. The summed E-state index contributed by atoms with van der Waals surface area (Å²) in [6.45, 7) is 0.960. The molecule has 2 rings (SSSR count). The smallest absolute Gasteiger partial charge is 0.331 e. The summed E-state index contributed by atoms with van der Waals surface area (Å²) in [4.78, 5) is 35.2. The fourth-order valence-corrected chi connectivity index (χ4v) is 2.18. The highest BCUT2D eigenvalue weighted by Gasteiger charge is 2.10. The van der Waals surface area contributed by atoms with Crippen LogP contribution in [-0.4, -0.2) is 31.4 Å². The number of benzene rings is 2. The molecule has 0 spiro atoms. The number of hydrogen-bond donors (Lipinski definition) is 1. The molecule has 1 N–H and O–H groups in total. The topological polar surface area (TPSA) is 81.7 Å². The van der Waals surface area contributed by atoms with Gasteiger partial charge in [-0.05, 0) is 42.8 Å². The number of methoxy groups -OCH3 is 1. The Morgan fingerprint density at radius 3 is 2.58 bits per heavy atom. The van der Waals surface area contributed by atoms with Crippen LogP contribution in [0.4, 0.5) is 5.69 Å². The van der Waals surface area contributed by atoms with E-state index in [1.807, 2.05) is 0 Å². The van der Waals surface area contributed by atoms with Crippen LogP contribution in [0.2, 0.25) is 0 Å². The molecule has 0 aliphatic carbocycles. The summed E-state index contributed by atoms with van der Waals surface area (Å²) < 4.78 is 10.00. The Morgan fingerprint density at radius 2 is 1.85 bits per heavy atom. The van der Waals surface area contributed by atoms with E-state index in [1.54, 1.807) is 61.7 Å². The predicted octanol–water partition coefficient (Wildman–Crippen LogP) is 3.09. The van der Waals surface area contributed by atoms with Crippen molar-refractivity contribution in [1.82, 2.24) is 0 Å². The molecular formula is C20H19NO5. The van der Waals surface area contributed by atoms with Gasteiger partial charge < -0.3 is 14.8 Å². The van der Waals surface area contributed by atoms with E-state index in [0.29, 0.717) is 17.0 Å². The lowest BCUT2D eigenvalue weighted by Crippen LogP contribution is -2.21. The maximum absolute atomic E-state index is 11.9. The molecule has 0 aliphatic heterocycles. The Kier molecular flexibility index (Phi) is 6.68. The van der Waals surface area contributed by atoms with Gasteiger partial charge >= 0.3 is 5.97 Å². The molecule has 0 heterocycles. The molecule has 0 aromatic heterocycles. The first-order chi connectivity index (χ1) is 12.5. The minimum Gasteiger partial charge on any atom is -0.497 e. The predicted molar refractivity (Wildman–Crippen MR) is 98.1 cm³/mol. The van der Waals surface area contributed by atoms with E-state index in [9.17, 15) is 14.4 Å². The van der Waals surface area contributed by atoms with Gasteiger partial charge in [0, 0.05) is 11.6 Å². The molecule has 0 bridgehead atoms. The lowest BCUT2D eigenvalue weighted by atomic mass is 10.1. The third kappa shape index (κ3) is 5.59. The molecular weight excluding hydrogens is 334 g/mol. The number of nitrogens with one attached hydrogen (secondary N) is 1. The first kappa shape index (κ1) is 18.9. The molecule has 0 unspecified atom stereocenters. The van der Waals surface area contributed by atoms with E-state index in [2.05, 4.69) is 5.32 Å². The van der Waals surface area contributed by atoms with Crippen molar-refractivity contribution in [3.8, 4) is 5.75 Å². The Morgan fingerprint density at radius 1 is 1.08 bits per heavy atom. The second-order valence-corrected chi connectivity index (χ2v) is 5.37. The Hall–Kier alpha value is -3.41. The number of ketones is 1. The van der Waals surface area contributed by atoms with Gasteiger partial charge in [-0.3, -0.25) is 9.59 Å². The molecule has 2 aromatic rings. The fourth-order valence-electron chi connectivity index (χ4n) is 2.18. The highest BCUT2D eigenvalue weighted by Crippen LogP contribution is 2.15. The van der Waals surface area contributed by atoms with Gasteiger partial charge in [0.25, 0.3) is 5.91 Å². The standard InChI is InChI=1S/C20H19NO5/c1-14(22)17-8-3-4-9-18(17)21-19(23)13-26-20(24)11-10-15-6-5-7-16(12-15)25-2/h3-12H,13H2,1-2H3,(H,21,23)/b11-10+. The quantitative estimate of drug-likeness (QED) is 0.470. The average Bonchev–Trinajstić information content (AvgIpc) is 2.65. The van der Waals surface area contributed by atoms with E-state index >= 15 is 0 Å². The highest BCUT2D eigenvalue weighted by molar-refractivity contribution is 6.04. The summed E-state index contributed by atoms with van der Waals surface area (Å²) in [6, 6.07) is 13.8. The fraction of sp³-hybridized carbons (Fsp3) is 0.150. The van der Waals surface area contributed by atoms with Gasteiger partial charge in [-0.1, -0.05) is 24.3 Å². The number of anilines is 1. The van der Waals surface area contributed by atoms with E-state index in [0.717, 1.165) is 5.56 Å². The van der Waals surface area contributed by atoms with Gasteiger partial charge in [0.2, 0.25) is 0 Å². The zero-order valence-corrected chi connectivity index (χ0v) is 14.5. The number of amides is 1. The van der Waals surface area contributed by atoms with Crippen molar-refractivity contribution in [1.29, 1.82) is 0 Å². The maximum Gasteiger partial charge on any atom is 0.331 e. The molecule has 1 amide bonds. The molecule has 0 fully saturated rings. The highest BCUT2D eigenvalue weighted by atomic mass is 16.5. The largest absolute Gasteiger partial charge is 0.497 e. The molecule has 6 heteroatoms. The van der Waals surface area contributed by atoms with Gasteiger partial charge in [-0.15, -0.1) is 0 Å². The first-order valence-corrected chi connectivity index (χ1v) is 7.88. The van der Waals surface area contributed by atoms with Crippen molar-refractivity contribution in [3.05, 3.63) is 65.7 Å². The van der Waals surface area contributed by atoms with Crippen molar-refractivity contribution in [2.24, 2.45) is 0 Å². The summed E-state index contributed by atoms with van der Waals surface area (Å²) in [5.41, 5.74) is 1.54. The van der Waals surface area contributed by atoms with Crippen molar-refractivity contribution >= 4 is 29.4 Å². The van der Waals surface area contributed by atoms with Gasteiger partial charge in [0.05, 0.1) is 12.8 Å². The molecule has 0 radical (unpaired) electrons. The third-order valence-electron chi connectivity index (χ3n) is 3.43. The van der Waals surface area contributed by atoms with Crippen LogP contribution in [0.3, 0.4) is 0 Å². The molecule has 2 aromatic carbocycles. The molecule has 0 saturated carbocycles. The van der Waals surface area contributed by atoms with Gasteiger partial charge in [-0.2, -0.15) is 0 Å². The molecule has 26 heavy (non-hydrogen) atoms. The normalized spacial score (nSPS) is 10.4. The second-order valence-electron chi connectivity index (χ2n) is 5.37. The lowest BCUT2D eigenvalue weighted by Gasteiger charge is -2.08. The van der Waals surface area contributed by atoms with Crippen LogP contribution in [0.25, 0.3) is 6.08 Å². The van der Waals surface area contributed by atoms with E-state index in [-0.39, 0.29) is 5.78 Å². The molecule has 0 aliphatic rings. The van der Waals surface area contributed by atoms with Crippen LogP contribution < -0.4 is 10.1 Å². The molecule has 0 saturated heterocycles. The summed E-state index contributed by atoms with van der Waals surface area (Å²) in [7, 11) is 1.56. The number of esters is 1. The number of rotatable bonds is 7. The molecule has 0 atom stereocenters. The number of hydrogen-bond acceptors (Lipinski definition) is 5. The summed E-state index contributed by atoms with van der Waals surface area (Å²) >= 11 is 0. The minimum absolute atomic E-state index is 0.167. The average molecular weight is 353 g/mol. The van der Waals surface area contributed by atoms with Crippen LogP contribution in [-0.2, 0) is 14.3 Å². The number of carbonyl (C=O) groups excluding carboxylic acids is 3. The monoisotopic (exact) mass is 353 g/mol. The lowest BCUT2D eigenvalue weighted by molar-refractivity contribution is -0.142. The number of para-hydroxylation sites is 1. The molecule has 134 valence electrons. The summed E-state index contributed by atoms with van der Waals surface area (Å²) in [5.74, 6) is -0.673. The van der Waals surface area contributed by atoms with Crippen LogP contribution in [0.1, 0.15) is 22.8 Å². The summed E-state index contributed by atoms with van der Waals surface area (Å²) in [6.07, 6.45) is 2.79. The van der Waals surface area contributed by atoms with Crippen LogP contribution in [0.15, 0.2) is 54.6 Å². The van der Waals surface area contributed by atoms with Crippen LogP contribution in [0, 0.1) is 0 Å².